The molecule has 1 atom stereocenters. The molecule has 0 saturated heterocycles. The van der Waals surface area contributed by atoms with Crippen LogP contribution in [0.4, 0.5) is 0 Å². The maximum absolute atomic E-state index is 10.1. The van der Waals surface area contributed by atoms with Gasteiger partial charge in [-0.25, -0.2) is 0 Å². The van der Waals surface area contributed by atoms with Crippen molar-refractivity contribution in [2.24, 2.45) is 0 Å². The summed E-state index contributed by atoms with van der Waals surface area (Å²) < 4.78 is 10.1. The Hall–Kier alpha value is -0.140. The van der Waals surface area contributed by atoms with Gasteiger partial charge in [0.2, 0.25) is 5.52 Å². The van der Waals surface area contributed by atoms with Crippen molar-refractivity contribution >= 4 is 12.9 Å². The second-order valence-corrected chi connectivity index (χ2v) is 3.79. The van der Waals surface area contributed by atoms with Crippen molar-refractivity contribution in [3.63, 3.8) is 0 Å². The van der Waals surface area contributed by atoms with Gasteiger partial charge in [-0.05, 0) is 0 Å². The zero-order valence-corrected chi connectivity index (χ0v) is 5.11. The molecular formula is C3H7O3P. The summed E-state index contributed by atoms with van der Waals surface area (Å²) in [7, 11) is -3.38. The molecule has 0 saturated carbocycles. The standard InChI is InChI=1S/C3H7O3P/c1-3(4)7(2,5)6/h1-2H3,(H,5,6). The number of carbonyl (C=O) groups excluding carboxylic acids is 1. The van der Waals surface area contributed by atoms with Crippen molar-refractivity contribution in [1.82, 2.24) is 0 Å². The molecule has 0 aliphatic carbocycles. The lowest BCUT2D eigenvalue weighted by atomic mass is 10.9. The second kappa shape index (κ2) is 1.76. The van der Waals surface area contributed by atoms with Crippen LogP contribution in [0.2, 0.25) is 0 Å². The van der Waals surface area contributed by atoms with Gasteiger partial charge in [-0.3, -0.25) is 9.36 Å². The van der Waals surface area contributed by atoms with Crippen LogP contribution >= 0.6 is 7.37 Å². The van der Waals surface area contributed by atoms with Gasteiger partial charge in [0.25, 0.3) is 7.37 Å². The molecule has 1 unspecified atom stereocenters. The van der Waals surface area contributed by atoms with E-state index in [1.807, 2.05) is 0 Å². The van der Waals surface area contributed by atoms with Crippen LogP contribution in [-0.2, 0) is 9.36 Å². The average Bonchev–Trinajstić information content (AvgIpc) is 1.31. The Morgan fingerprint density at radius 3 is 1.86 bits per heavy atom. The van der Waals surface area contributed by atoms with Crippen LogP contribution in [0.1, 0.15) is 6.92 Å². The lowest BCUT2D eigenvalue weighted by Gasteiger charge is -1.93. The van der Waals surface area contributed by atoms with E-state index in [1.165, 1.54) is 0 Å². The number of rotatable bonds is 1. The first-order chi connectivity index (χ1) is 2.94. The van der Waals surface area contributed by atoms with Crippen molar-refractivity contribution in [3.8, 4) is 0 Å². The molecule has 0 aromatic rings. The SMILES string of the molecule is CC(=O)P(C)(=O)O. The molecular weight excluding hydrogens is 115 g/mol. The highest BCUT2D eigenvalue weighted by Gasteiger charge is 2.14. The lowest BCUT2D eigenvalue weighted by molar-refractivity contribution is -0.110. The van der Waals surface area contributed by atoms with Gasteiger partial charge in [0.1, 0.15) is 0 Å². The van der Waals surface area contributed by atoms with Gasteiger partial charge in [-0.15, -0.1) is 0 Å². The second-order valence-electron chi connectivity index (χ2n) is 1.40. The summed E-state index contributed by atoms with van der Waals surface area (Å²) in [5.41, 5.74) is -0.646. The molecule has 4 heteroatoms. The van der Waals surface area contributed by atoms with E-state index in [-0.39, 0.29) is 0 Å². The molecule has 1 N–H and O–H groups in total. The van der Waals surface area contributed by atoms with Crippen LogP contribution in [0.3, 0.4) is 0 Å². The largest absolute Gasteiger partial charge is 0.339 e. The molecule has 0 heterocycles. The molecule has 0 rings (SSSR count). The zero-order chi connectivity index (χ0) is 6.08. The third-order valence-corrected chi connectivity index (χ3v) is 1.75. The van der Waals surface area contributed by atoms with E-state index >= 15 is 0 Å². The van der Waals surface area contributed by atoms with Crippen molar-refractivity contribution in [1.29, 1.82) is 0 Å². The molecule has 0 aromatic heterocycles. The zero-order valence-electron chi connectivity index (χ0n) is 4.21. The maximum Gasteiger partial charge on any atom is 0.260 e. The summed E-state index contributed by atoms with van der Waals surface area (Å²) in [5.74, 6) is 0. The van der Waals surface area contributed by atoms with E-state index in [9.17, 15) is 9.36 Å². The van der Waals surface area contributed by atoms with Crippen LogP contribution in [0.15, 0.2) is 0 Å². The highest BCUT2D eigenvalue weighted by atomic mass is 31.2. The predicted octanol–water partition coefficient (Wildman–Crippen LogP) is 0.433. The minimum atomic E-state index is -3.38. The highest BCUT2D eigenvalue weighted by Crippen LogP contribution is 2.35. The molecule has 0 amide bonds. The summed E-state index contributed by atoms with van der Waals surface area (Å²) in [5, 5.41) is 0. The van der Waals surface area contributed by atoms with Crippen molar-refractivity contribution in [3.05, 3.63) is 0 Å². The van der Waals surface area contributed by atoms with E-state index in [4.69, 9.17) is 4.89 Å². The maximum atomic E-state index is 10.1. The average molecular weight is 122 g/mol. The summed E-state index contributed by atoms with van der Waals surface area (Å²) in [6, 6.07) is 0. The molecule has 0 spiro atoms. The Morgan fingerprint density at radius 2 is 1.86 bits per heavy atom. The first-order valence-corrected chi connectivity index (χ1v) is 3.86. The van der Waals surface area contributed by atoms with Gasteiger partial charge < -0.3 is 4.89 Å². The third-order valence-electron chi connectivity index (χ3n) is 0.584. The summed E-state index contributed by atoms with van der Waals surface area (Å²) in [4.78, 5) is 18.3. The van der Waals surface area contributed by atoms with Crippen LogP contribution in [0, 0.1) is 0 Å². The Labute approximate surface area is 41.8 Å². The summed E-state index contributed by atoms with van der Waals surface area (Å²) in [6.45, 7) is 2.12. The number of carbonyl (C=O) groups is 1. The molecule has 0 aliphatic heterocycles. The smallest absolute Gasteiger partial charge is 0.260 e. The molecule has 0 aliphatic rings. The van der Waals surface area contributed by atoms with E-state index < -0.39 is 12.9 Å². The third kappa shape index (κ3) is 2.54. The Balaban J connectivity index is 4.09. The van der Waals surface area contributed by atoms with Crippen LogP contribution in [0.25, 0.3) is 0 Å². The Morgan fingerprint density at radius 1 is 1.71 bits per heavy atom. The fraction of sp³-hybridized carbons (Fsp3) is 0.667. The number of hydrogen-bond donors (Lipinski definition) is 1. The van der Waals surface area contributed by atoms with E-state index in [2.05, 4.69) is 0 Å². The highest BCUT2D eigenvalue weighted by molar-refractivity contribution is 7.74. The van der Waals surface area contributed by atoms with Gasteiger partial charge >= 0.3 is 0 Å². The predicted molar refractivity (Wildman–Crippen MR) is 26.4 cm³/mol. The van der Waals surface area contributed by atoms with Crippen LogP contribution in [0.5, 0.6) is 0 Å². The molecule has 0 fully saturated rings. The van der Waals surface area contributed by atoms with Gasteiger partial charge in [0.15, 0.2) is 0 Å². The van der Waals surface area contributed by atoms with Gasteiger partial charge in [-0.2, -0.15) is 0 Å². The van der Waals surface area contributed by atoms with E-state index in [0.717, 1.165) is 13.6 Å². The molecule has 7 heavy (non-hydrogen) atoms. The van der Waals surface area contributed by atoms with Crippen molar-refractivity contribution in [2.45, 2.75) is 6.92 Å². The summed E-state index contributed by atoms with van der Waals surface area (Å²) in [6.07, 6.45) is 0. The van der Waals surface area contributed by atoms with Gasteiger partial charge in [0, 0.05) is 13.6 Å². The molecule has 0 radical (unpaired) electrons. The Bertz CT molecular complexity index is 122. The van der Waals surface area contributed by atoms with Gasteiger partial charge in [0.05, 0.1) is 0 Å². The quantitative estimate of drug-likeness (QED) is 0.513. The fourth-order valence-corrected chi connectivity index (χ4v) is 0. The number of hydrogen-bond acceptors (Lipinski definition) is 2. The topological polar surface area (TPSA) is 54.4 Å². The monoisotopic (exact) mass is 122 g/mol. The van der Waals surface area contributed by atoms with Crippen molar-refractivity contribution < 1.29 is 14.3 Å². The molecule has 0 aromatic carbocycles. The minimum absolute atomic E-state index is 0.646. The normalized spacial score (nSPS) is 18.1. The van der Waals surface area contributed by atoms with E-state index in [1.54, 1.807) is 0 Å². The fourth-order valence-electron chi connectivity index (χ4n) is 0. The molecule has 0 bridgehead atoms. The minimum Gasteiger partial charge on any atom is -0.339 e. The van der Waals surface area contributed by atoms with Crippen LogP contribution in [-0.4, -0.2) is 17.1 Å². The lowest BCUT2D eigenvalue weighted by Crippen LogP contribution is -1.88. The molecule has 42 valence electrons. The van der Waals surface area contributed by atoms with Crippen LogP contribution < -0.4 is 0 Å². The van der Waals surface area contributed by atoms with E-state index in [0.29, 0.717) is 0 Å². The summed E-state index contributed by atoms with van der Waals surface area (Å²) >= 11 is 0. The Kier molecular flexibility index (Phi) is 1.73. The first-order valence-electron chi connectivity index (χ1n) is 1.76. The first kappa shape index (κ1) is 6.86. The molecule has 3 nitrogen and oxygen atoms in total. The van der Waals surface area contributed by atoms with Gasteiger partial charge in [-0.1, -0.05) is 0 Å². The van der Waals surface area contributed by atoms with Crippen molar-refractivity contribution in [2.75, 3.05) is 6.66 Å².